The Bertz CT molecular complexity index is 689. The molecule has 0 saturated heterocycles. The third kappa shape index (κ3) is 3.43. The second kappa shape index (κ2) is 5.61. The fraction of sp³-hybridized carbons (Fsp3) is 0.0769. The number of aromatic nitrogens is 1. The highest BCUT2D eigenvalue weighted by Gasteiger charge is 2.34. The van der Waals surface area contributed by atoms with Crippen molar-refractivity contribution in [3.05, 3.63) is 52.7 Å². The van der Waals surface area contributed by atoms with Crippen molar-refractivity contribution in [1.82, 2.24) is 4.98 Å². The summed E-state index contributed by atoms with van der Waals surface area (Å²) >= 11 is 5.75. The van der Waals surface area contributed by atoms with Gasteiger partial charge in [-0.15, -0.1) is 0 Å². The molecule has 8 heteroatoms. The molecular formula is C13H9ClF3N3O. The Kier molecular flexibility index (Phi) is 4.04. The Morgan fingerprint density at radius 2 is 2.00 bits per heavy atom. The molecule has 1 aromatic carbocycles. The molecule has 110 valence electrons. The van der Waals surface area contributed by atoms with E-state index in [0.717, 1.165) is 12.1 Å². The van der Waals surface area contributed by atoms with Crippen molar-refractivity contribution >= 4 is 29.0 Å². The third-order valence-electron chi connectivity index (χ3n) is 2.60. The maximum Gasteiger partial charge on any atom is 0.418 e. The molecule has 0 radical (unpaired) electrons. The average Bonchev–Trinajstić information content (AvgIpc) is 2.39. The molecule has 0 aliphatic carbocycles. The van der Waals surface area contributed by atoms with Crippen LogP contribution in [0.25, 0.3) is 0 Å². The van der Waals surface area contributed by atoms with E-state index < -0.39 is 23.3 Å². The van der Waals surface area contributed by atoms with Crippen molar-refractivity contribution in [2.24, 2.45) is 0 Å². The minimum Gasteiger partial charge on any atom is -0.384 e. The van der Waals surface area contributed by atoms with E-state index in [1.807, 2.05) is 0 Å². The largest absolute Gasteiger partial charge is 0.418 e. The number of pyridine rings is 1. The molecule has 2 rings (SSSR count). The van der Waals surface area contributed by atoms with Crippen molar-refractivity contribution in [3.8, 4) is 0 Å². The van der Waals surface area contributed by atoms with E-state index in [2.05, 4.69) is 10.3 Å². The molecule has 2 aromatic rings. The van der Waals surface area contributed by atoms with Gasteiger partial charge in [0, 0.05) is 11.8 Å². The summed E-state index contributed by atoms with van der Waals surface area (Å²) in [5, 5.41) is 1.95. The van der Waals surface area contributed by atoms with Crippen LogP contribution in [0, 0.1) is 0 Å². The molecule has 0 fully saturated rings. The van der Waals surface area contributed by atoms with E-state index in [9.17, 15) is 18.0 Å². The minimum atomic E-state index is -4.63. The molecule has 1 heterocycles. The number of hydrogen-bond donors (Lipinski definition) is 2. The summed E-state index contributed by atoms with van der Waals surface area (Å²) in [6.45, 7) is 0. The summed E-state index contributed by atoms with van der Waals surface area (Å²) in [5.74, 6) is -0.680. The molecule has 0 aliphatic rings. The number of amides is 1. The normalized spacial score (nSPS) is 11.2. The monoisotopic (exact) mass is 315 g/mol. The van der Waals surface area contributed by atoms with Gasteiger partial charge in [-0.3, -0.25) is 4.79 Å². The van der Waals surface area contributed by atoms with Crippen LogP contribution in [0.5, 0.6) is 0 Å². The molecule has 0 bridgehead atoms. The fourth-order valence-electron chi connectivity index (χ4n) is 1.66. The molecule has 3 N–H and O–H groups in total. The summed E-state index contributed by atoms with van der Waals surface area (Å²) in [6.07, 6.45) is -3.35. The number of anilines is 2. The predicted molar refractivity (Wildman–Crippen MR) is 73.1 cm³/mol. The summed E-state index contributed by atoms with van der Waals surface area (Å²) in [6, 6.07) is 5.83. The Hall–Kier alpha value is -2.28. The van der Waals surface area contributed by atoms with Crippen molar-refractivity contribution in [2.45, 2.75) is 6.18 Å². The van der Waals surface area contributed by atoms with Crippen molar-refractivity contribution < 1.29 is 18.0 Å². The average molecular weight is 316 g/mol. The Morgan fingerprint density at radius 1 is 1.29 bits per heavy atom. The zero-order valence-corrected chi connectivity index (χ0v) is 11.2. The molecule has 0 saturated carbocycles. The van der Waals surface area contributed by atoms with E-state index in [4.69, 9.17) is 17.3 Å². The smallest absolute Gasteiger partial charge is 0.384 e. The van der Waals surface area contributed by atoms with Crippen LogP contribution in [-0.2, 0) is 6.18 Å². The molecule has 0 atom stereocenters. The van der Waals surface area contributed by atoms with E-state index in [-0.39, 0.29) is 16.4 Å². The van der Waals surface area contributed by atoms with Gasteiger partial charge in [-0.1, -0.05) is 17.7 Å². The van der Waals surface area contributed by atoms with Crippen molar-refractivity contribution in [2.75, 3.05) is 11.1 Å². The van der Waals surface area contributed by atoms with Gasteiger partial charge in [0.25, 0.3) is 5.91 Å². The molecule has 0 unspecified atom stereocenters. The van der Waals surface area contributed by atoms with E-state index in [1.165, 1.54) is 24.4 Å². The topological polar surface area (TPSA) is 68.0 Å². The minimum absolute atomic E-state index is 0.0792. The van der Waals surface area contributed by atoms with Crippen LogP contribution in [0.2, 0.25) is 5.02 Å². The lowest BCUT2D eigenvalue weighted by atomic mass is 10.1. The van der Waals surface area contributed by atoms with Gasteiger partial charge < -0.3 is 11.1 Å². The molecule has 0 aliphatic heterocycles. The first-order chi connectivity index (χ1) is 9.79. The van der Waals surface area contributed by atoms with Crippen LogP contribution in [0.15, 0.2) is 36.5 Å². The highest BCUT2D eigenvalue weighted by atomic mass is 35.5. The zero-order valence-electron chi connectivity index (χ0n) is 10.4. The van der Waals surface area contributed by atoms with Crippen LogP contribution in [0.4, 0.5) is 24.7 Å². The SMILES string of the molecule is Nc1cc(C(=O)Nc2c(Cl)cccc2C(F)(F)F)ccn1. The maximum atomic E-state index is 12.9. The number of hydrogen-bond acceptors (Lipinski definition) is 3. The van der Waals surface area contributed by atoms with Crippen LogP contribution >= 0.6 is 11.6 Å². The second-order valence-electron chi connectivity index (χ2n) is 4.08. The highest BCUT2D eigenvalue weighted by molar-refractivity contribution is 6.34. The van der Waals surface area contributed by atoms with Crippen molar-refractivity contribution in [1.29, 1.82) is 0 Å². The van der Waals surface area contributed by atoms with Gasteiger partial charge in [0.15, 0.2) is 0 Å². The van der Waals surface area contributed by atoms with Crippen molar-refractivity contribution in [3.63, 3.8) is 0 Å². The number of alkyl halides is 3. The summed E-state index contributed by atoms with van der Waals surface area (Å²) in [5.41, 5.74) is 3.98. The van der Waals surface area contributed by atoms with Gasteiger partial charge in [0.2, 0.25) is 0 Å². The number of nitrogens with zero attached hydrogens (tertiary/aromatic N) is 1. The molecule has 0 spiro atoms. The predicted octanol–water partition coefficient (Wildman–Crippen LogP) is 3.59. The van der Waals surface area contributed by atoms with Gasteiger partial charge in [-0.25, -0.2) is 4.98 Å². The summed E-state index contributed by atoms with van der Waals surface area (Å²) in [4.78, 5) is 15.7. The Morgan fingerprint density at radius 3 is 2.62 bits per heavy atom. The molecule has 4 nitrogen and oxygen atoms in total. The van der Waals surface area contributed by atoms with Crippen LogP contribution in [-0.4, -0.2) is 10.9 Å². The van der Waals surface area contributed by atoms with E-state index in [0.29, 0.717) is 0 Å². The number of para-hydroxylation sites is 1. The number of benzene rings is 1. The highest BCUT2D eigenvalue weighted by Crippen LogP contribution is 2.38. The number of nitrogens with one attached hydrogen (secondary N) is 1. The van der Waals surface area contributed by atoms with Gasteiger partial charge >= 0.3 is 6.18 Å². The second-order valence-corrected chi connectivity index (χ2v) is 4.49. The summed E-state index contributed by atoms with van der Waals surface area (Å²) < 4.78 is 38.7. The number of carbonyl (C=O) groups excluding carboxylic acids is 1. The lowest BCUT2D eigenvalue weighted by molar-refractivity contribution is -0.136. The number of rotatable bonds is 2. The molecule has 21 heavy (non-hydrogen) atoms. The lowest BCUT2D eigenvalue weighted by Gasteiger charge is -2.15. The lowest BCUT2D eigenvalue weighted by Crippen LogP contribution is -2.17. The maximum absolute atomic E-state index is 12.9. The first-order valence-corrected chi connectivity index (χ1v) is 6.05. The van der Waals surface area contributed by atoms with Gasteiger partial charge in [-0.2, -0.15) is 13.2 Å². The first kappa shape index (κ1) is 15.1. The number of nitrogens with two attached hydrogens (primary N) is 1. The van der Waals surface area contributed by atoms with Crippen LogP contribution in [0.3, 0.4) is 0 Å². The van der Waals surface area contributed by atoms with E-state index >= 15 is 0 Å². The Labute approximate surface area is 122 Å². The van der Waals surface area contributed by atoms with Crippen LogP contribution < -0.4 is 11.1 Å². The molecular weight excluding hydrogens is 307 g/mol. The number of carbonyl (C=O) groups is 1. The molecule has 1 amide bonds. The standard InChI is InChI=1S/C13H9ClF3N3O/c14-9-3-1-2-8(13(15,16)17)11(9)20-12(21)7-4-5-19-10(18)6-7/h1-6H,(H2,18,19)(H,20,21). The molecule has 1 aromatic heterocycles. The van der Waals surface area contributed by atoms with Gasteiger partial charge in [0.1, 0.15) is 5.82 Å². The zero-order chi connectivity index (χ0) is 15.6. The first-order valence-electron chi connectivity index (χ1n) is 5.67. The van der Waals surface area contributed by atoms with Gasteiger partial charge in [-0.05, 0) is 24.3 Å². The third-order valence-corrected chi connectivity index (χ3v) is 2.92. The Balaban J connectivity index is 2.38. The summed E-state index contributed by atoms with van der Waals surface area (Å²) in [7, 11) is 0. The van der Waals surface area contributed by atoms with Gasteiger partial charge in [0.05, 0.1) is 16.3 Å². The quantitative estimate of drug-likeness (QED) is 0.890. The van der Waals surface area contributed by atoms with Crippen LogP contribution in [0.1, 0.15) is 15.9 Å². The number of nitrogen functional groups attached to an aromatic ring is 1. The number of halogens is 4. The van der Waals surface area contributed by atoms with E-state index in [1.54, 1.807) is 0 Å². The fourth-order valence-corrected chi connectivity index (χ4v) is 1.88.